The van der Waals surface area contributed by atoms with E-state index >= 15 is 0 Å². The Morgan fingerprint density at radius 2 is 2.10 bits per heavy atom. The van der Waals surface area contributed by atoms with Crippen LogP contribution in [0.1, 0.15) is 19.3 Å². The molecule has 0 aromatic heterocycles. The van der Waals surface area contributed by atoms with Gasteiger partial charge >= 0.3 is 0 Å². The molecule has 1 aromatic rings. The molecular formula is C15H20N2O3. The molecule has 0 aliphatic carbocycles. The predicted octanol–water partition coefficient (Wildman–Crippen LogP) is 1.88. The number of hydrogen-bond acceptors (Lipinski definition) is 4. The van der Waals surface area contributed by atoms with Crippen LogP contribution in [0.4, 0.5) is 5.69 Å². The van der Waals surface area contributed by atoms with Gasteiger partial charge in [0.25, 0.3) is 5.91 Å². The molecule has 5 nitrogen and oxygen atoms in total. The van der Waals surface area contributed by atoms with Gasteiger partial charge in [-0.1, -0.05) is 6.42 Å². The lowest BCUT2D eigenvalue weighted by molar-refractivity contribution is -0.118. The van der Waals surface area contributed by atoms with Crippen LogP contribution in [0.2, 0.25) is 0 Å². The van der Waals surface area contributed by atoms with Crippen molar-refractivity contribution in [1.82, 2.24) is 4.90 Å². The first-order chi connectivity index (χ1) is 9.81. The first kappa shape index (κ1) is 13.2. The molecule has 0 bridgehead atoms. The minimum atomic E-state index is -0.122. The van der Waals surface area contributed by atoms with Gasteiger partial charge in [0.1, 0.15) is 18.1 Å². The fourth-order valence-corrected chi connectivity index (χ4v) is 2.63. The van der Waals surface area contributed by atoms with E-state index in [1.54, 1.807) is 0 Å². The topological polar surface area (TPSA) is 50.8 Å². The summed E-state index contributed by atoms with van der Waals surface area (Å²) < 4.78 is 11.1. The summed E-state index contributed by atoms with van der Waals surface area (Å²) in [5.41, 5.74) is 0.691. The molecule has 1 N–H and O–H groups in total. The highest BCUT2D eigenvalue weighted by Gasteiger charge is 2.16. The van der Waals surface area contributed by atoms with E-state index in [2.05, 4.69) is 10.2 Å². The van der Waals surface area contributed by atoms with Gasteiger partial charge in [-0.2, -0.15) is 0 Å². The highest BCUT2D eigenvalue weighted by atomic mass is 16.5. The van der Waals surface area contributed by atoms with Crippen molar-refractivity contribution in [1.29, 1.82) is 0 Å². The van der Waals surface area contributed by atoms with Crippen LogP contribution in [0.15, 0.2) is 18.2 Å². The minimum Gasteiger partial charge on any atom is -0.492 e. The van der Waals surface area contributed by atoms with E-state index < -0.39 is 0 Å². The van der Waals surface area contributed by atoms with Gasteiger partial charge in [0.05, 0.1) is 5.69 Å². The summed E-state index contributed by atoms with van der Waals surface area (Å²) in [4.78, 5) is 13.7. The van der Waals surface area contributed by atoms with Crippen LogP contribution in [-0.2, 0) is 4.79 Å². The first-order valence-electron chi connectivity index (χ1n) is 7.23. The molecule has 0 atom stereocenters. The highest BCUT2D eigenvalue weighted by Crippen LogP contribution is 2.31. The number of benzene rings is 1. The van der Waals surface area contributed by atoms with Gasteiger partial charge in [-0.25, -0.2) is 0 Å². The van der Waals surface area contributed by atoms with Crippen molar-refractivity contribution in [2.24, 2.45) is 0 Å². The second-order valence-electron chi connectivity index (χ2n) is 5.25. The van der Waals surface area contributed by atoms with E-state index in [1.807, 2.05) is 18.2 Å². The summed E-state index contributed by atoms with van der Waals surface area (Å²) in [6, 6.07) is 5.54. The maximum absolute atomic E-state index is 11.3. The van der Waals surface area contributed by atoms with Crippen LogP contribution in [0.25, 0.3) is 0 Å². The van der Waals surface area contributed by atoms with Crippen molar-refractivity contribution in [3.63, 3.8) is 0 Å². The van der Waals surface area contributed by atoms with Crippen LogP contribution in [0, 0.1) is 0 Å². The Morgan fingerprint density at radius 3 is 2.95 bits per heavy atom. The Hall–Kier alpha value is -1.75. The number of fused-ring (bicyclic) bond motifs is 1. The van der Waals surface area contributed by atoms with Gasteiger partial charge in [-0.05, 0) is 38.1 Å². The summed E-state index contributed by atoms with van der Waals surface area (Å²) in [5, 5.41) is 2.79. The lowest BCUT2D eigenvalue weighted by atomic mass is 10.1. The molecule has 0 spiro atoms. The van der Waals surface area contributed by atoms with E-state index in [-0.39, 0.29) is 12.5 Å². The third-order valence-corrected chi connectivity index (χ3v) is 3.71. The lowest BCUT2D eigenvalue weighted by Gasteiger charge is -2.26. The van der Waals surface area contributed by atoms with Crippen molar-refractivity contribution >= 4 is 11.6 Å². The van der Waals surface area contributed by atoms with Crippen LogP contribution < -0.4 is 14.8 Å². The molecule has 1 fully saturated rings. The smallest absolute Gasteiger partial charge is 0.262 e. The normalized spacial score (nSPS) is 18.9. The molecule has 3 rings (SSSR count). The maximum Gasteiger partial charge on any atom is 0.262 e. The Morgan fingerprint density at radius 1 is 1.25 bits per heavy atom. The minimum absolute atomic E-state index is 0.0855. The molecule has 2 aliphatic rings. The number of nitrogens with one attached hydrogen (secondary N) is 1. The Kier molecular flexibility index (Phi) is 4.06. The molecule has 0 unspecified atom stereocenters. The molecule has 1 amide bonds. The molecule has 1 saturated heterocycles. The zero-order valence-corrected chi connectivity index (χ0v) is 11.6. The number of amides is 1. The largest absolute Gasteiger partial charge is 0.492 e. The standard InChI is InChI=1S/C15H20N2O3/c18-15-11-20-14-5-4-12(10-13(14)16-15)19-9-8-17-6-2-1-3-7-17/h4-5,10H,1-3,6-9,11H2,(H,16,18). The number of anilines is 1. The number of piperidine rings is 1. The zero-order valence-electron chi connectivity index (χ0n) is 11.6. The first-order valence-corrected chi connectivity index (χ1v) is 7.23. The third-order valence-electron chi connectivity index (χ3n) is 3.71. The van der Waals surface area contributed by atoms with E-state index in [0.29, 0.717) is 18.0 Å². The number of nitrogens with zero attached hydrogens (tertiary/aromatic N) is 1. The van der Waals surface area contributed by atoms with Crippen LogP contribution in [0.3, 0.4) is 0 Å². The van der Waals surface area contributed by atoms with Crippen molar-refractivity contribution in [2.75, 3.05) is 38.2 Å². The molecule has 2 aliphatic heterocycles. The van der Waals surface area contributed by atoms with Gasteiger partial charge in [0.15, 0.2) is 6.61 Å². The predicted molar refractivity (Wildman–Crippen MR) is 76.4 cm³/mol. The summed E-state index contributed by atoms with van der Waals surface area (Å²) in [5.74, 6) is 1.35. The Labute approximate surface area is 118 Å². The van der Waals surface area contributed by atoms with E-state index in [9.17, 15) is 4.79 Å². The fourth-order valence-electron chi connectivity index (χ4n) is 2.63. The average molecular weight is 276 g/mol. The number of carbonyl (C=O) groups is 1. The molecule has 5 heteroatoms. The number of likely N-dealkylation sites (tertiary alicyclic amines) is 1. The number of ether oxygens (including phenoxy) is 2. The molecule has 0 radical (unpaired) electrons. The number of hydrogen-bond donors (Lipinski definition) is 1. The van der Waals surface area contributed by atoms with Crippen LogP contribution in [-0.4, -0.2) is 43.7 Å². The van der Waals surface area contributed by atoms with Crippen molar-refractivity contribution in [3.8, 4) is 11.5 Å². The average Bonchev–Trinajstić information content (AvgIpc) is 2.48. The zero-order chi connectivity index (χ0) is 13.8. The van der Waals surface area contributed by atoms with Crippen molar-refractivity contribution < 1.29 is 14.3 Å². The number of carbonyl (C=O) groups excluding carboxylic acids is 1. The van der Waals surface area contributed by atoms with Gasteiger partial charge in [-0.3, -0.25) is 9.69 Å². The fraction of sp³-hybridized carbons (Fsp3) is 0.533. The Bertz CT molecular complexity index is 484. The SMILES string of the molecule is O=C1COc2ccc(OCCN3CCCCC3)cc2N1. The van der Waals surface area contributed by atoms with E-state index in [1.165, 1.54) is 32.4 Å². The van der Waals surface area contributed by atoms with Gasteiger partial charge in [-0.15, -0.1) is 0 Å². The maximum atomic E-state index is 11.3. The molecule has 2 heterocycles. The molecule has 20 heavy (non-hydrogen) atoms. The summed E-state index contributed by atoms with van der Waals surface area (Å²) in [6.07, 6.45) is 3.94. The summed E-state index contributed by atoms with van der Waals surface area (Å²) >= 11 is 0. The molecule has 108 valence electrons. The van der Waals surface area contributed by atoms with Gasteiger partial charge in [0, 0.05) is 12.6 Å². The second-order valence-corrected chi connectivity index (χ2v) is 5.25. The quantitative estimate of drug-likeness (QED) is 0.912. The second kappa shape index (κ2) is 6.13. The number of rotatable bonds is 4. The molecule has 1 aromatic carbocycles. The van der Waals surface area contributed by atoms with Crippen LogP contribution in [0.5, 0.6) is 11.5 Å². The molecular weight excluding hydrogens is 256 g/mol. The van der Waals surface area contributed by atoms with E-state index in [4.69, 9.17) is 9.47 Å². The monoisotopic (exact) mass is 276 g/mol. The van der Waals surface area contributed by atoms with Crippen molar-refractivity contribution in [2.45, 2.75) is 19.3 Å². The van der Waals surface area contributed by atoms with Crippen LogP contribution >= 0.6 is 0 Å². The van der Waals surface area contributed by atoms with Crippen molar-refractivity contribution in [3.05, 3.63) is 18.2 Å². The van der Waals surface area contributed by atoms with E-state index in [0.717, 1.165) is 12.3 Å². The highest BCUT2D eigenvalue weighted by molar-refractivity contribution is 5.95. The summed E-state index contributed by atoms with van der Waals surface area (Å²) in [7, 11) is 0. The van der Waals surface area contributed by atoms with Gasteiger partial charge in [0.2, 0.25) is 0 Å². The summed E-state index contributed by atoms with van der Waals surface area (Å²) in [6.45, 7) is 4.07. The van der Waals surface area contributed by atoms with Gasteiger partial charge < -0.3 is 14.8 Å². The molecule has 0 saturated carbocycles. The lowest BCUT2D eigenvalue weighted by Crippen LogP contribution is -2.33. The third kappa shape index (κ3) is 3.22. The Balaban J connectivity index is 1.52.